The van der Waals surface area contributed by atoms with E-state index in [-0.39, 0.29) is 24.0 Å². The quantitative estimate of drug-likeness (QED) is 0.403. The van der Waals surface area contributed by atoms with E-state index in [0.717, 1.165) is 37.9 Å². The van der Waals surface area contributed by atoms with Gasteiger partial charge < -0.3 is 19.9 Å². The molecule has 1 atom stereocenters. The van der Waals surface area contributed by atoms with Gasteiger partial charge in [0.15, 0.2) is 5.96 Å². The fourth-order valence-electron chi connectivity index (χ4n) is 3.04. The van der Waals surface area contributed by atoms with E-state index in [2.05, 4.69) is 53.1 Å². The third-order valence-electron chi connectivity index (χ3n) is 4.92. The van der Waals surface area contributed by atoms with Crippen molar-refractivity contribution in [2.24, 2.45) is 4.99 Å². The van der Waals surface area contributed by atoms with Gasteiger partial charge >= 0.3 is 0 Å². The molecule has 0 spiro atoms. The van der Waals surface area contributed by atoms with E-state index in [0.29, 0.717) is 12.0 Å². The number of rotatable bonds is 6. The topological polar surface area (TPSA) is 40.1 Å². The van der Waals surface area contributed by atoms with Gasteiger partial charge in [0.2, 0.25) is 0 Å². The zero-order chi connectivity index (χ0) is 17.5. The maximum absolute atomic E-state index is 5.25. The monoisotopic (exact) mass is 460 g/mol. The van der Waals surface area contributed by atoms with Crippen LogP contribution in [-0.4, -0.2) is 69.2 Å². The summed E-state index contributed by atoms with van der Waals surface area (Å²) in [4.78, 5) is 9.16. The first-order valence-corrected chi connectivity index (χ1v) is 8.85. The largest absolute Gasteiger partial charge is 0.497 e. The molecule has 0 aromatic heterocycles. The van der Waals surface area contributed by atoms with E-state index in [1.54, 1.807) is 7.11 Å². The maximum Gasteiger partial charge on any atom is 0.193 e. The molecule has 1 fully saturated rings. The average molecular weight is 460 g/mol. The van der Waals surface area contributed by atoms with Gasteiger partial charge in [-0.25, -0.2) is 0 Å². The van der Waals surface area contributed by atoms with Gasteiger partial charge in [-0.3, -0.25) is 4.99 Å². The fraction of sp³-hybridized carbons (Fsp3) is 0.632. The van der Waals surface area contributed by atoms with Crippen molar-refractivity contribution in [3.05, 3.63) is 29.8 Å². The van der Waals surface area contributed by atoms with Crippen molar-refractivity contribution in [2.45, 2.75) is 32.2 Å². The average Bonchev–Trinajstić information content (AvgIpc) is 3.08. The smallest absolute Gasteiger partial charge is 0.193 e. The van der Waals surface area contributed by atoms with Crippen LogP contribution in [0.15, 0.2) is 29.3 Å². The Morgan fingerprint density at radius 3 is 2.60 bits per heavy atom. The summed E-state index contributed by atoms with van der Waals surface area (Å²) < 4.78 is 5.25. The second-order valence-electron chi connectivity index (χ2n) is 6.75. The lowest BCUT2D eigenvalue weighted by molar-refractivity contribution is 0.277. The van der Waals surface area contributed by atoms with Gasteiger partial charge in [-0.15, -0.1) is 24.0 Å². The minimum atomic E-state index is 0. The molecule has 25 heavy (non-hydrogen) atoms. The lowest BCUT2D eigenvalue weighted by Crippen LogP contribution is -2.43. The van der Waals surface area contributed by atoms with Gasteiger partial charge in [0.05, 0.1) is 7.11 Å². The molecular weight excluding hydrogens is 427 g/mol. The van der Waals surface area contributed by atoms with Gasteiger partial charge in [0.1, 0.15) is 5.75 Å². The third kappa shape index (κ3) is 6.33. The Bertz CT molecular complexity index is 533. The zero-order valence-corrected chi connectivity index (χ0v) is 18.5. The SMILES string of the molecule is CN=C(NCCN(C)C(C)C)N1CCC(c2ccc(OC)cc2)C1.I. The van der Waals surface area contributed by atoms with E-state index in [4.69, 9.17) is 4.74 Å². The van der Waals surface area contributed by atoms with Crippen molar-refractivity contribution < 1.29 is 4.74 Å². The summed E-state index contributed by atoms with van der Waals surface area (Å²) in [6.07, 6.45) is 1.17. The molecule has 6 heteroatoms. The minimum absolute atomic E-state index is 0. The first kappa shape index (κ1) is 22.0. The van der Waals surface area contributed by atoms with Crippen LogP contribution < -0.4 is 10.1 Å². The highest BCUT2D eigenvalue weighted by atomic mass is 127. The number of halogens is 1. The molecule has 0 radical (unpaired) electrons. The highest BCUT2D eigenvalue weighted by molar-refractivity contribution is 14.0. The number of nitrogens with zero attached hydrogens (tertiary/aromatic N) is 3. The Morgan fingerprint density at radius 2 is 2.04 bits per heavy atom. The van der Waals surface area contributed by atoms with Crippen LogP contribution in [0.4, 0.5) is 0 Å². The molecule has 0 saturated carbocycles. The Kier molecular flexibility index (Phi) is 9.56. The lowest BCUT2D eigenvalue weighted by atomic mass is 9.98. The number of nitrogens with one attached hydrogen (secondary N) is 1. The van der Waals surface area contributed by atoms with Gasteiger partial charge in [-0.2, -0.15) is 0 Å². The molecule has 1 aliphatic heterocycles. The Labute approximate surface area is 169 Å². The Morgan fingerprint density at radius 1 is 1.36 bits per heavy atom. The first-order chi connectivity index (χ1) is 11.5. The molecule has 5 nitrogen and oxygen atoms in total. The Hall–Kier alpha value is -1.02. The van der Waals surface area contributed by atoms with Crippen molar-refractivity contribution in [1.82, 2.24) is 15.1 Å². The Balaban J connectivity index is 0.00000312. The van der Waals surface area contributed by atoms with E-state index >= 15 is 0 Å². The van der Waals surface area contributed by atoms with Crippen molar-refractivity contribution in [2.75, 3.05) is 47.4 Å². The molecule has 1 saturated heterocycles. The van der Waals surface area contributed by atoms with Crippen LogP contribution in [-0.2, 0) is 0 Å². The van der Waals surface area contributed by atoms with Crippen LogP contribution in [0.5, 0.6) is 5.75 Å². The van der Waals surface area contributed by atoms with Crippen LogP contribution >= 0.6 is 24.0 Å². The number of methoxy groups -OCH3 is 1. The molecule has 1 aromatic carbocycles. The summed E-state index contributed by atoms with van der Waals surface area (Å²) in [7, 11) is 5.73. The molecule has 0 amide bonds. The molecule has 1 aromatic rings. The van der Waals surface area contributed by atoms with Crippen LogP contribution in [0.2, 0.25) is 0 Å². The second-order valence-corrected chi connectivity index (χ2v) is 6.75. The maximum atomic E-state index is 5.25. The molecular formula is C19H33IN4O. The molecule has 1 N–H and O–H groups in total. The molecule has 2 rings (SSSR count). The molecule has 1 aliphatic rings. The number of hydrogen-bond donors (Lipinski definition) is 1. The number of likely N-dealkylation sites (tertiary alicyclic amines) is 1. The first-order valence-electron chi connectivity index (χ1n) is 8.85. The predicted octanol–water partition coefficient (Wildman–Crippen LogP) is 3.02. The number of ether oxygens (including phenoxy) is 1. The van der Waals surface area contributed by atoms with Crippen LogP contribution in [0.25, 0.3) is 0 Å². The van der Waals surface area contributed by atoms with Gasteiger partial charge in [0, 0.05) is 45.2 Å². The van der Waals surface area contributed by atoms with E-state index in [1.807, 2.05) is 19.2 Å². The summed E-state index contributed by atoms with van der Waals surface area (Å²) in [5.74, 6) is 2.50. The lowest BCUT2D eigenvalue weighted by Gasteiger charge is -2.25. The number of guanidine groups is 1. The summed E-state index contributed by atoms with van der Waals surface area (Å²) >= 11 is 0. The van der Waals surface area contributed by atoms with Gasteiger partial charge in [-0.05, 0) is 45.0 Å². The normalized spacial score (nSPS) is 17.8. The van der Waals surface area contributed by atoms with E-state index in [1.165, 1.54) is 12.0 Å². The summed E-state index contributed by atoms with van der Waals surface area (Å²) in [6, 6.07) is 9.03. The highest BCUT2D eigenvalue weighted by Gasteiger charge is 2.26. The second kappa shape index (κ2) is 10.9. The minimum Gasteiger partial charge on any atom is -0.497 e. The fourth-order valence-corrected chi connectivity index (χ4v) is 3.04. The van der Waals surface area contributed by atoms with Crippen molar-refractivity contribution >= 4 is 29.9 Å². The van der Waals surface area contributed by atoms with E-state index in [9.17, 15) is 0 Å². The van der Waals surface area contributed by atoms with Crippen LogP contribution in [0, 0.1) is 0 Å². The molecule has 142 valence electrons. The molecule has 1 heterocycles. The van der Waals surface area contributed by atoms with Crippen molar-refractivity contribution in [1.29, 1.82) is 0 Å². The van der Waals surface area contributed by atoms with E-state index < -0.39 is 0 Å². The zero-order valence-electron chi connectivity index (χ0n) is 16.2. The summed E-state index contributed by atoms with van der Waals surface area (Å²) in [5, 5.41) is 3.50. The van der Waals surface area contributed by atoms with Crippen LogP contribution in [0.3, 0.4) is 0 Å². The van der Waals surface area contributed by atoms with Gasteiger partial charge in [-0.1, -0.05) is 12.1 Å². The van der Waals surface area contributed by atoms with Crippen molar-refractivity contribution in [3.8, 4) is 5.75 Å². The summed E-state index contributed by atoms with van der Waals surface area (Å²) in [6.45, 7) is 8.45. The predicted molar refractivity (Wildman–Crippen MR) is 116 cm³/mol. The van der Waals surface area contributed by atoms with Gasteiger partial charge in [0.25, 0.3) is 0 Å². The number of benzene rings is 1. The van der Waals surface area contributed by atoms with Crippen LogP contribution in [0.1, 0.15) is 31.7 Å². The number of aliphatic imine (C=N–C) groups is 1. The third-order valence-corrected chi connectivity index (χ3v) is 4.92. The number of likely N-dealkylation sites (N-methyl/N-ethyl adjacent to an activating group) is 1. The molecule has 0 bridgehead atoms. The molecule has 0 aliphatic carbocycles. The summed E-state index contributed by atoms with van der Waals surface area (Å²) in [5.41, 5.74) is 1.38. The number of hydrogen-bond acceptors (Lipinski definition) is 3. The standard InChI is InChI=1S/C19H32N4O.HI/c1-15(2)22(4)13-11-21-19(20-3)23-12-10-17(14-23)16-6-8-18(24-5)9-7-16;/h6-9,15,17H,10-14H2,1-5H3,(H,20,21);1H. The molecule has 1 unspecified atom stereocenters. The van der Waals surface area contributed by atoms with Crippen molar-refractivity contribution in [3.63, 3.8) is 0 Å². The highest BCUT2D eigenvalue weighted by Crippen LogP contribution is 2.28.